The number of anilines is 1. The van der Waals surface area contributed by atoms with E-state index in [1.165, 1.54) is 12.1 Å². The Balaban J connectivity index is 2.13. The van der Waals surface area contributed by atoms with Crippen molar-refractivity contribution in [3.8, 4) is 0 Å². The third-order valence-electron chi connectivity index (χ3n) is 2.71. The Morgan fingerprint density at radius 3 is 2.74 bits per heavy atom. The Kier molecular flexibility index (Phi) is 3.99. The molecule has 1 atom stereocenters. The molecule has 0 saturated carbocycles. The third kappa shape index (κ3) is 3.20. The van der Waals surface area contributed by atoms with Crippen LogP contribution in [0, 0.1) is 5.82 Å². The van der Waals surface area contributed by atoms with Crippen LogP contribution >= 0.6 is 0 Å². The quantitative estimate of drug-likeness (QED) is 0.876. The molecule has 0 saturated heterocycles. The molecule has 0 aliphatic rings. The predicted octanol–water partition coefficient (Wildman–Crippen LogP) is 2.49. The standard InChI is InChI=1S/C13H16FN3OS/c1-9(2)17-6-5-10(16-17)8-19(18)11-3-4-13(15)12(14)7-11/h3-7,9H,8,15H2,1-2H3. The van der Waals surface area contributed by atoms with Crippen LogP contribution in [-0.4, -0.2) is 14.0 Å². The van der Waals surface area contributed by atoms with Gasteiger partial charge in [0, 0.05) is 17.1 Å². The van der Waals surface area contributed by atoms with E-state index in [9.17, 15) is 8.60 Å². The van der Waals surface area contributed by atoms with E-state index in [4.69, 9.17) is 5.73 Å². The van der Waals surface area contributed by atoms with Crippen LogP contribution in [0.4, 0.5) is 10.1 Å². The molecule has 2 N–H and O–H groups in total. The SMILES string of the molecule is CC(C)n1ccc(CS(=O)c2ccc(N)c(F)c2)n1. The van der Waals surface area contributed by atoms with Crippen molar-refractivity contribution >= 4 is 16.5 Å². The van der Waals surface area contributed by atoms with E-state index in [0.717, 1.165) is 5.69 Å². The van der Waals surface area contributed by atoms with Crippen molar-refractivity contribution in [2.75, 3.05) is 5.73 Å². The summed E-state index contributed by atoms with van der Waals surface area (Å²) in [7, 11) is -1.32. The van der Waals surface area contributed by atoms with Crippen molar-refractivity contribution < 1.29 is 8.60 Å². The number of nitrogen functional groups attached to an aromatic ring is 1. The average molecular weight is 281 g/mol. The van der Waals surface area contributed by atoms with Crippen molar-refractivity contribution in [2.45, 2.75) is 30.5 Å². The lowest BCUT2D eigenvalue weighted by Crippen LogP contribution is -2.03. The second-order valence-corrected chi connectivity index (χ2v) is 6.01. The fraction of sp³-hybridized carbons (Fsp3) is 0.308. The van der Waals surface area contributed by atoms with Gasteiger partial charge in [-0.15, -0.1) is 0 Å². The van der Waals surface area contributed by atoms with Crippen LogP contribution in [0.15, 0.2) is 35.4 Å². The Morgan fingerprint density at radius 2 is 2.16 bits per heavy atom. The van der Waals surface area contributed by atoms with Gasteiger partial charge >= 0.3 is 0 Å². The van der Waals surface area contributed by atoms with Gasteiger partial charge in [-0.05, 0) is 38.1 Å². The van der Waals surface area contributed by atoms with Crippen LogP contribution in [0.2, 0.25) is 0 Å². The molecule has 1 heterocycles. The van der Waals surface area contributed by atoms with Crippen molar-refractivity contribution in [3.63, 3.8) is 0 Å². The molecule has 0 radical (unpaired) electrons. The van der Waals surface area contributed by atoms with E-state index in [0.29, 0.717) is 4.90 Å². The molecule has 2 aromatic rings. The molecule has 102 valence electrons. The summed E-state index contributed by atoms with van der Waals surface area (Å²) < 4.78 is 27.2. The first kappa shape index (κ1) is 13.7. The molecule has 0 amide bonds. The fourth-order valence-electron chi connectivity index (χ4n) is 1.61. The highest BCUT2D eigenvalue weighted by atomic mass is 32.2. The Labute approximate surface area is 113 Å². The summed E-state index contributed by atoms with van der Waals surface area (Å²) in [5.74, 6) is -0.276. The molecule has 0 fully saturated rings. The summed E-state index contributed by atoms with van der Waals surface area (Å²) in [6, 6.07) is 6.30. The maximum atomic E-state index is 13.3. The maximum absolute atomic E-state index is 13.3. The number of benzene rings is 1. The van der Waals surface area contributed by atoms with Crippen molar-refractivity contribution in [1.82, 2.24) is 9.78 Å². The van der Waals surface area contributed by atoms with Gasteiger partial charge in [0.2, 0.25) is 0 Å². The number of halogens is 1. The van der Waals surface area contributed by atoms with E-state index in [2.05, 4.69) is 5.10 Å². The molecule has 1 aromatic carbocycles. The first-order valence-electron chi connectivity index (χ1n) is 5.95. The van der Waals surface area contributed by atoms with Gasteiger partial charge in [-0.2, -0.15) is 5.10 Å². The molecule has 6 heteroatoms. The minimum atomic E-state index is -1.32. The number of aromatic nitrogens is 2. The van der Waals surface area contributed by atoms with Crippen LogP contribution in [-0.2, 0) is 16.6 Å². The summed E-state index contributed by atoms with van der Waals surface area (Å²) in [4.78, 5) is 0.422. The third-order valence-corrected chi connectivity index (χ3v) is 4.04. The summed E-state index contributed by atoms with van der Waals surface area (Å²) in [6.45, 7) is 4.03. The van der Waals surface area contributed by atoms with E-state index < -0.39 is 16.6 Å². The van der Waals surface area contributed by atoms with Gasteiger partial charge in [0.25, 0.3) is 0 Å². The van der Waals surface area contributed by atoms with E-state index in [1.54, 1.807) is 10.7 Å². The predicted molar refractivity (Wildman–Crippen MR) is 73.5 cm³/mol. The highest BCUT2D eigenvalue weighted by Gasteiger charge is 2.10. The van der Waals surface area contributed by atoms with Gasteiger partial charge in [0.15, 0.2) is 0 Å². The largest absolute Gasteiger partial charge is 0.396 e. The molecule has 0 aliphatic carbocycles. The van der Waals surface area contributed by atoms with Crippen LogP contribution in [0.1, 0.15) is 25.6 Å². The number of hydrogen-bond acceptors (Lipinski definition) is 3. The monoisotopic (exact) mass is 281 g/mol. The Morgan fingerprint density at radius 1 is 1.42 bits per heavy atom. The molecule has 2 rings (SSSR count). The zero-order chi connectivity index (χ0) is 14.0. The normalized spacial score (nSPS) is 12.8. The molecule has 1 aromatic heterocycles. The fourth-order valence-corrected chi connectivity index (χ4v) is 2.65. The van der Waals surface area contributed by atoms with Gasteiger partial charge in [-0.1, -0.05) is 0 Å². The van der Waals surface area contributed by atoms with Gasteiger partial charge in [0.1, 0.15) is 5.82 Å². The highest BCUT2D eigenvalue weighted by molar-refractivity contribution is 7.84. The van der Waals surface area contributed by atoms with E-state index >= 15 is 0 Å². The lowest BCUT2D eigenvalue weighted by atomic mass is 10.3. The van der Waals surface area contributed by atoms with Crippen molar-refractivity contribution in [2.24, 2.45) is 0 Å². The average Bonchev–Trinajstić information content (AvgIpc) is 2.81. The van der Waals surface area contributed by atoms with Crippen molar-refractivity contribution in [1.29, 1.82) is 0 Å². The van der Waals surface area contributed by atoms with Gasteiger partial charge in [0.05, 0.1) is 27.9 Å². The molecule has 1 unspecified atom stereocenters. The molecular weight excluding hydrogens is 265 g/mol. The second-order valence-electron chi connectivity index (χ2n) is 4.55. The zero-order valence-corrected chi connectivity index (χ0v) is 11.7. The molecule has 0 bridgehead atoms. The first-order valence-corrected chi connectivity index (χ1v) is 7.26. The molecular formula is C13H16FN3OS. The minimum Gasteiger partial charge on any atom is -0.396 e. The van der Waals surface area contributed by atoms with Crippen LogP contribution < -0.4 is 5.73 Å². The van der Waals surface area contributed by atoms with E-state index in [-0.39, 0.29) is 17.5 Å². The topological polar surface area (TPSA) is 60.9 Å². The lowest BCUT2D eigenvalue weighted by molar-refractivity contribution is 0.528. The van der Waals surface area contributed by atoms with E-state index in [1.807, 2.05) is 26.1 Å². The number of nitrogens with two attached hydrogens (primary N) is 1. The summed E-state index contributed by atoms with van der Waals surface area (Å²) in [5.41, 5.74) is 6.17. The second kappa shape index (κ2) is 5.52. The molecule has 0 aliphatic heterocycles. The van der Waals surface area contributed by atoms with Crippen molar-refractivity contribution in [3.05, 3.63) is 42.0 Å². The molecule has 19 heavy (non-hydrogen) atoms. The zero-order valence-electron chi connectivity index (χ0n) is 10.8. The highest BCUT2D eigenvalue weighted by Crippen LogP contribution is 2.17. The first-order chi connectivity index (χ1) is 8.97. The number of rotatable bonds is 4. The smallest absolute Gasteiger partial charge is 0.147 e. The van der Waals surface area contributed by atoms with Gasteiger partial charge in [-0.3, -0.25) is 8.89 Å². The summed E-state index contributed by atoms with van der Waals surface area (Å²) in [6.07, 6.45) is 1.85. The Hall–Kier alpha value is -1.69. The molecule has 0 spiro atoms. The summed E-state index contributed by atoms with van der Waals surface area (Å²) >= 11 is 0. The van der Waals surface area contributed by atoms with Crippen LogP contribution in [0.5, 0.6) is 0 Å². The molecule has 4 nitrogen and oxygen atoms in total. The van der Waals surface area contributed by atoms with Crippen LogP contribution in [0.3, 0.4) is 0 Å². The lowest BCUT2D eigenvalue weighted by Gasteiger charge is -2.04. The minimum absolute atomic E-state index is 0.0600. The Bertz CT molecular complexity index is 610. The number of hydrogen-bond donors (Lipinski definition) is 1. The van der Waals surface area contributed by atoms with Gasteiger partial charge < -0.3 is 5.73 Å². The maximum Gasteiger partial charge on any atom is 0.147 e. The summed E-state index contributed by atoms with van der Waals surface area (Å²) in [5, 5.41) is 4.32. The van der Waals surface area contributed by atoms with Gasteiger partial charge in [-0.25, -0.2) is 4.39 Å². The van der Waals surface area contributed by atoms with Crippen LogP contribution in [0.25, 0.3) is 0 Å². The number of nitrogens with zero attached hydrogens (tertiary/aromatic N) is 2.